The number of carbonyl (C=O) groups excluding carboxylic acids is 1. The van der Waals surface area contributed by atoms with E-state index in [-0.39, 0.29) is 18.1 Å². The molecule has 0 unspecified atom stereocenters. The topological polar surface area (TPSA) is 73.2 Å². The molecule has 1 amide bonds. The number of hydrogen-bond acceptors (Lipinski definition) is 4. The Morgan fingerprint density at radius 2 is 2.00 bits per heavy atom. The molecule has 2 aromatic rings. The van der Waals surface area contributed by atoms with Crippen molar-refractivity contribution in [3.05, 3.63) is 59.0 Å². The summed E-state index contributed by atoms with van der Waals surface area (Å²) in [6, 6.07) is 12.1. The molecule has 0 aliphatic rings. The van der Waals surface area contributed by atoms with Crippen LogP contribution in [0.4, 0.5) is 0 Å². The summed E-state index contributed by atoms with van der Waals surface area (Å²) >= 11 is 0. The minimum absolute atomic E-state index is 0.0544. The molecule has 0 atom stereocenters. The normalized spacial score (nSPS) is 10.0. The highest BCUT2D eigenvalue weighted by molar-refractivity contribution is 5.77. The number of nitrogens with one attached hydrogen (secondary N) is 1. The Balaban J connectivity index is 1.71. The third kappa shape index (κ3) is 4.24. The zero-order chi connectivity index (χ0) is 14.2. The standard InChI is InChI=1S/C14H15N3O3/c18-13(11-20-12-5-2-1-3-6-12)15-9-10-17-14(19)7-4-8-16-17/h1-8H,9-11H2,(H,15,18). The highest BCUT2D eigenvalue weighted by atomic mass is 16.5. The highest BCUT2D eigenvalue weighted by Gasteiger charge is 2.02. The first-order chi connectivity index (χ1) is 9.75. The first-order valence-electron chi connectivity index (χ1n) is 6.22. The molecule has 0 saturated heterocycles. The summed E-state index contributed by atoms with van der Waals surface area (Å²) in [6.45, 7) is 0.603. The van der Waals surface area contributed by atoms with Crippen molar-refractivity contribution < 1.29 is 9.53 Å². The van der Waals surface area contributed by atoms with Crippen molar-refractivity contribution in [2.24, 2.45) is 0 Å². The molecule has 0 spiro atoms. The summed E-state index contributed by atoms with van der Waals surface area (Å²) in [4.78, 5) is 22.9. The zero-order valence-electron chi connectivity index (χ0n) is 10.9. The largest absolute Gasteiger partial charge is 0.484 e. The number of nitrogens with zero attached hydrogens (tertiary/aromatic N) is 2. The molecule has 0 fully saturated rings. The van der Waals surface area contributed by atoms with Gasteiger partial charge in [-0.3, -0.25) is 9.59 Å². The zero-order valence-corrected chi connectivity index (χ0v) is 10.9. The van der Waals surface area contributed by atoms with Gasteiger partial charge in [-0.15, -0.1) is 0 Å². The van der Waals surface area contributed by atoms with Crippen molar-refractivity contribution in [2.45, 2.75) is 6.54 Å². The van der Waals surface area contributed by atoms with Gasteiger partial charge in [-0.05, 0) is 18.2 Å². The van der Waals surface area contributed by atoms with Crippen molar-refractivity contribution >= 4 is 5.91 Å². The molecule has 0 saturated carbocycles. The van der Waals surface area contributed by atoms with Crippen LogP contribution in [0, 0.1) is 0 Å². The first kappa shape index (κ1) is 13.8. The Morgan fingerprint density at radius 3 is 2.75 bits per heavy atom. The van der Waals surface area contributed by atoms with Crippen molar-refractivity contribution in [1.29, 1.82) is 0 Å². The van der Waals surface area contributed by atoms with Crippen molar-refractivity contribution in [3.8, 4) is 5.75 Å². The van der Waals surface area contributed by atoms with Crippen LogP contribution in [-0.4, -0.2) is 28.8 Å². The van der Waals surface area contributed by atoms with Crippen LogP contribution in [0.25, 0.3) is 0 Å². The Labute approximate surface area is 116 Å². The van der Waals surface area contributed by atoms with E-state index in [1.54, 1.807) is 18.2 Å². The van der Waals surface area contributed by atoms with Gasteiger partial charge in [-0.1, -0.05) is 18.2 Å². The second-order valence-corrected chi connectivity index (χ2v) is 4.04. The number of amides is 1. The van der Waals surface area contributed by atoms with Crippen molar-refractivity contribution in [3.63, 3.8) is 0 Å². The third-order valence-electron chi connectivity index (χ3n) is 2.54. The predicted octanol–water partition coefficient (Wildman–Crippen LogP) is 0.438. The second kappa shape index (κ2) is 7.08. The lowest BCUT2D eigenvalue weighted by molar-refractivity contribution is -0.123. The van der Waals surface area contributed by atoms with Crippen LogP contribution < -0.4 is 15.6 Å². The highest BCUT2D eigenvalue weighted by Crippen LogP contribution is 2.07. The maximum Gasteiger partial charge on any atom is 0.266 e. The Hall–Kier alpha value is -2.63. The van der Waals surface area contributed by atoms with Crippen LogP contribution in [0.15, 0.2) is 53.5 Å². The fraction of sp³-hybridized carbons (Fsp3) is 0.214. The molecule has 2 rings (SSSR count). The Morgan fingerprint density at radius 1 is 1.20 bits per heavy atom. The van der Waals surface area contributed by atoms with Gasteiger partial charge in [-0.2, -0.15) is 5.10 Å². The molecule has 0 bridgehead atoms. The summed E-state index contributed by atoms with van der Waals surface area (Å²) in [7, 11) is 0. The molecule has 1 N–H and O–H groups in total. The number of benzene rings is 1. The summed E-state index contributed by atoms with van der Waals surface area (Å²) in [5, 5.41) is 6.56. The van der Waals surface area contributed by atoms with E-state index >= 15 is 0 Å². The molecule has 0 aliphatic carbocycles. The smallest absolute Gasteiger partial charge is 0.266 e. The Kier molecular flexibility index (Phi) is 4.88. The van der Waals surface area contributed by atoms with Crippen LogP contribution in [0.5, 0.6) is 5.75 Å². The van der Waals surface area contributed by atoms with Crippen LogP contribution in [-0.2, 0) is 11.3 Å². The van der Waals surface area contributed by atoms with Crippen molar-refractivity contribution in [2.75, 3.05) is 13.2 Å². The molecule has 6 nitrogen and oxygen atoms in total. The Bertz CT molecular complexity index is 610. The number of ether oxygens (including phenoxy) is 1. The van der Waals surface area contributed by atoms with Crippen LogP contribution in [0.1, 0.15) is 0 Å². The molecule has 0 aliphatic heterocycles. The molecule has 6 heteroatoms. The predicted molar refractivity (Wildman–Crippen MR) is 73.4 cm³/mol. The van der Waals surface area contributed by atoms with Gasteiger partial charge in [0.25, 0.3) is 11.5 Å². The molecule has 1 aromatic carbocycles. The third-order valence-corrected chi connectivity index (χ3v) is 2.54. The molecular weight excluding hydrogens is 258 g/mol. The lowest BCUT2D eigenvalue weighted by atomic mass is 10.3. The van der Waals surface area contributed by atoms with E-state index in [1.807, 2.05) is 18.2 Å². The molecular formula is C14H15N3O3. The van der Waals surface area contributed by atoms with Gasteiger partial charge < -0.3 is 10.1 Å². The van der Waals surface area contributed by atoms with Gasteiger partial charge in [0.05, 0.1) is 6.54 Å². The minimum Gasteiger partial charge on any atom is -0.484 e. The first-order valence-corrected chi connectivity index (χ1v) is 6.22. The molecule has 0 radical (unpaired) electrons. The average Bonchev–Trinajstić information content (AvgIpc) is 2.48. The summed E-state index contributed by atoms with van der Waals surface area (Å²) in [5.74, 6) is 0.404. The average molecular weight is 273 g/mol. The minimum atomic E-state index is -0.238. The summed E-state index contributed by atoms with van der Waals surface area (Å²) in [5.41, 5.74) is -0.192. The molecule has 1 heterocycles. The number of hydrogen-bond donors (Lipinski definition) is 1. The lowest BCUT2D eigenvalue weighted by Gasteiger charge is -2.07. The van der Waals surface area contributed by atoms with Gasteiger partial charge in [0.15, 0.2) is 6.61 Å². The van der Waals surface area contributed by atoms with Gasteiger partial charge in [-0.25, -0.2) is 4.68 Å². The van der Waals surface area contributed by atoms with Crippen molar-refractivity contribution in [1.82, 2.24) is 15.1 Å². The SMILES string of the molecule is O=C(COc1ccccc1)NCCn1ncccc1=O. The maximum absolute atomic E-state index is 11.5. The van der Waals surface area contributed by atoms with E-state index in [0.29, 0.717) is 18.8 Å². The fourth-order valence-electron chi connectivity index (χ4n) is 1.57. The van der Waals surface area contributed by atoms with E-state index in [1.165, 1.54) is 16.9 Å². The summed E-state index contributed by atoms with van der Waals surface area (Å²) < 4.78 is 6.59. The van der Waals surface area contributed by atoms with Crippen LogP contribution in [0.3, 0.4) is 0 Å². The van der Waals surface area contributed by atoms with E-state index in [9.17, 15) is 9.59 Å². The van der Waals surface area contributed by atoms with Gasteiger partial charge in [0.1, 0.15) is 5.75 Å². The van der Waals surface area contributed by atoms with E-state index < -0.39 is 0 Å². The quantitative estimate of drug-likeness (QED) is 0.828. The van der Waals surface area contributed by atoms with Crippen LogP contribution in [0.2, 0.25) is 0 Å². The second-order valence-electron chi connectivity index (χ2n) is 4.04. The molecule has 104 valence electrons. The van der Waals surface area contributed by atoms with Gasteiger partial charge >= 0.3 is 0 Å². The number of para-hydroxylation sites is 1. The number of rotatable bonds is 6. The maximum atomic E-state index is 11.5. The van der Waals surface area contributed by atoms with Crippen LogP contribution >= 0.6 is 0 Å². The monoisotopic (exact) mass is 273 g/mol. The van der Waals surface area contributed by atoms with E-state index in [0.717, 1.165) is 0 Å². The van der Waals surface area contributed by atoms with E-state index in [2.05, 4.69) is 10.4 Å². The number of aromatic nitrogens is 2. The molecule has 20 heavy (non-hydrogen) atoms. The summed E-state index contributed by atoms with van der Waals surface area (Å²) in [6.07, 6.45) is 1.53. The fourth-order valence-corrected chi connectivity index (χ4v) is 1.57. The molecule has 1 aromatic heterocycles. The lowest BCUT2D eigenvalue weighted by Crippen LogP contribution is -2.34. The number of carbonyl (C=O) groups is 1. The van der Waals surface area contributed by atoms with E-state index in [4.69, 9.17) is 4.74 Å². The van der Waals surface area contributed by atoms with Gasteiger partial charge in [0, 0.05) is 18.8 Å². The van der Waals surface area contributed by atoms with Gasteiger partial charge in [0.2, 0.25) is 0 Å².